The van der Waals surface area contributed by atoms with Crippen LogP contribution in [0.4, 0.5) is 11.5 Å². The van der Waals surface area contributed by atoms with Crippen LogP contribution in [0.15, 0.2) is 17.4 Å². The van der Waals surface area contributed by atoms with Gasteiger partial charge in [-0.3, -0.25) is 10.1 Å². The molecular weight excluding hydrogens is 262 g/mol. The fourth-order valence-electron chi connectivity index (χ4n) is 2.00. The Labute approximate surface area is 116 Å². The number of pyridine rings is 1. The quantitative estimate of drug-likeness (QED) is 0.266. The predicted octanol–water partition coefficient (Wildman–Crippen LogP) is 1.32. The Hall–Kier alpha value is -2.38. The maximum atomic E-state index is 11.2. The molecule has 1 aromatic heterocycles. The summed E-state index contributed by atoms with van der Waals surface area (Å²) in [6.45, 7) is 3.35. The Morgan fingerprint density at radius 3 is 2.90 bits per heavy atom. The van der Waals surface area contributed by atoms with Crippen molar-refractivity contribution >= 4 is 17.3 Å². The highest BCUT2D eigenvalue weighted by atomic mass is 16.6. The molecule has 0 spiro atoms. The van der Waals surface area contributed by atoms with Gasteiger partial charge in [0.2, 0.25) is 5.82 Å². The average Bonchev–Trinajstić information content (AvgIpc) is 3.27. The van der Waals surface area contributed by atoms with E-state index in [-0.39, 0.29) is 17.1 Å². The zero-order chi connectivity index (χ0) is 14.7. The van der Waals surface area contributed by atoms with Crippen LogP contribution in [-0.2, 0) is 0 Å². The third kappa shape index (κ3) is 2.95. The first-order valence-electron chi connectivity index (χ1n) is 6.44. The molecular formula is C12H17N5O3. The number of hydrogen-bond donors (Lipinski definition) is 2. The van der Waals surface area contributed by atoms with Crippen LogP contribution in [0.5, 0.6) is 0 Å². The highest BCUT2D eigenvalue weighted by Gasteiger charge is 2.28. The van der Waals surface area contributed by atoms with Crippen LogP contribution >= 0.6 is 0 Å². The van der Waals surface area contributed by atoms with E-state index in [1.54, 1.807) is 0 Å². The highest BCUT2D eigenvalue weighted by Crippen LogP contribution is 2.33. The van der Waals surface area contributed by atoms with Crippen molar-refractivity contribution in [3.63, 3.8) is 0 Å². The van der Waals surface area contributed by atoms with E-state index in [1.165, 1.54) is 12.3 Å². The van der Waals surface area contributed by atoms with Gasteiger partial charge in [0.1, 0.15) is 0 Å². The molecule has 0 saturated heterocycles. The van der Waals surface area contributed by atoms with Crippen LogP contribution < -0.4 is 10.6 Å². The second kappa shape index (κ2) is 5.72. The van der Waals surface area contributed by atoms with Gasteiger partial charge in [-0.2, -0.15) is 0 Å². The molecule has 20 heavy (non-hydrogen) atoms. The molecule has 0 atom stereocenters. The second-order valence-corrected chi connectivity index (χ2v) is 4.79. The maximum absolute atomic E-state index is 11.2. The first kappa shape index (κ1) is 14.0. The monoisotopic (exact) mass is 279 g/mol. The van der Waals surface area contributed by atoms with Crippen molar-refractivity contribution in [2.24, 2.45) is 16.8 Å². The van der Waals surface area contributed by atoms with E-state index >= 15 is 0 Å². The van der Waals surface area contributed by atoms with Crippen LogP contribution in [0, 0.1) is 16.0 Å². The third-order valence-electron chi connectivity index (χ3n) is 3.30. The summed E-state index contributed by atoms with van der Waals surface area (Å²) in [4.78, 5) is 16.7. The van der Waals surface area contributed by atoms with E-state index in [9.17, 15) is 10.1 Å². The fourth-order valence-corrected chi connectivity index (χ4v) is 2.00. The lowest BCUT2D eigenvalue weighted by molar-refractivity contribution is -0.384. The van der Waals surface area contributed by atoms with Crippen LogP contribution in [0.25, 0.3) is 0 Å². The molecule has 1 heterocycles. The number of aromatic nitrogens is 1. The molecule has 0 bridgehead atoms. The minimum atomic E-state index is -0.494. The van der Waals surface area contributed by atoms with E-state index in [0.717, 1.165) is 19.4 Å². The largest absolute Gasteiger partial charge is 0.409 e. The minimum Gasteiger partial charge on any atom is -0.409 e. The summed E-state index contributed by atoms with van der Waals surface area (Å²) in [6.07, 6.45) is 3.70. The molecule has 1 saturated carbocycles. The summed E-state index contributed by atoms with van der Waals surface area (Å²) in [5.74, 6) is 0.733. The molecule has 8 heteroatoms. The summed E-state index contributed by atoms with van der Waals surface area (Å²) in [5.41, 5.74) is 5.54. The van der Waals surface area contributed by atoms with Gasteiger partial charge in [-0.1, -0.05) is 5.16 Å². The molecule has 8 nitrogen and oxygen atoms in total. The van der Waals surface area contributed by atoms with Crippen molar-refractivity contribution in [2.45, 2.75) is 19.8 Å². The molecule has 1 aromatic rings. The van der Waals surface area contributed by atoms with Crippen molar-refractivity contribution < 1.29 is 10.1 Å². The predicted molar refractivity (Wildman–Crippen MR) is 74.0 cm³/mol. The van der Waals surface area contributed by atoms with Gasteiger partial charge < -0.3 is 15.8 Å². The molecule has 108 valence electrons. The lowest BCUT2D eigenvalue weighted by Gasteiger charge is -2.21. The molecule has 2 rings (SSSR count). The first-order valence-corrected chi connectivity index (χ1v) is 6.44. The van der Waals surface area contributed by atoms with Crippen molar-refractivity contribution in [3.8, 4) is 0 Å². The van der Waals surface area contributed by atoms with Gasteiger partial charge in [0.25, 0.3) is 0 Å². The number of rotatable bonds is 6. The van der Waals surface area contributed by atoms with Gasteiger partial charge in [-0.15, -0.1) is 0 Å². The lowest BCUT2D eigenvalue weighted by atomic mass is 10.2. The van der Waals surface area contributed by atoms with Crippen LogP contribution in [0.2, 0.25) is 0 Å². The minimum absolute atomic E-state index is 0.128. The molecule has 0 aromatic carbocycles. The van der Waals surface area contributed by atoms with E-state index in [2.05, 4.69) is 10.1 Å². The summed E-state index contributed by atoms with van der Waals surface area (Å²) in [5, 5.41) is 22.7. The number of nitrogens with two attached hydrogens (primary N) is 1. The highest BCUT2D eigenvalue weighted by molar-refractivity contribution is 5.97. The smallest absolute Gasteiger partial charge is 0.312 e. The Kier molecular flexibility index (Phi) is 4.02. The first-order chi connectivity index (χ1) is 9.56. The molecule has 0 aliphatic heterocycles. The molecule has 0 unspecified atom stereocenters. The number of nitrogens with zero attached hydrogens (tertiary/aromatic N) is 4. The average molecular weight is 279 g/mol. The third-order valence-corrected chi connectivity index (χ3v) is 3.30. The number of amidine groups is 1. The summed E-state index contributed by atoms with van der Waals surface area (Å²) in [7, 11) is 0. The van der Waals surface area contributed by atoms with Gasteiger partial charge in [-0.05, 0) is 25.7 Å². The molecule has 1 aliphatic carbocycles. The van der Waals surface area contributed by atoms with Crippen LogP contribution in [0.1, 0.15) is 25.3 Å². The Balaban J connectivity index is 2.37. The number of nitro groups is 1. The number of hydrogen-bond acceptors (Lipinski definition) is 6. The van der Waals surface area contributed by atoms with Crippen LogP contribution in [0.3, 0.4) is 0 Å². The molecule has 0 amide bonds. The van der Waals surface area contributed by atoms with Crippen LogP contribution in [-0.4, -0.2) is 34.0 Å². The van der Waals surface area contributed by atoms with Crippen molar-refractivity contribution in [1.82, 2.24) is 4.98 Å². The van der Waals surface area contributed by atoms with Crippen molar-refractivity contribution in [3.05, 3.63) is 27.9 Å². The van der Waals surface area contributed by atoms with Gasteiger partial charge in [0, 0.05) is 30.9 Å². The molecule has 3 N–H and O–H groups in total. The molecule has 0 radical (unpaired) electrons. The second-order valence-electron chi connectivity index (χ2n) is 4.79. The zero-order valence-corrected chi connectivity index (χ0v) is 11.2. The zero-order valence-electron chi connectivity index (χ0n) is 11.2. The fraction of sp³-hybridized carbons (Fsp3) is 0.500. The summed E-state index contributed by atoms with van der Waals surface area (Å²) < 4.78 is 0. The van der Waals surface area contributed by atoms with Crippen molar-refractivity contribution in [1.29, 1.82) is 0 Å². The van der Waals surface area contributed by atoms with Gasteiger partial charge >= 0.3 is 5.69 Å². The summed E-state index contributed by atoms with van der Waals surface area (Å²) in [6, 6.07) is 1.28. The van der Waals surface area contributed by atoms with Crippen molar-refractivity contribution in [2.75, 3.05) is 18.0 Å². The molecule has 1 fully saturated rings. The van der Waals surface area contributed by atoms with Gasteiger partial charge in [0.15, 0.2) is 5.84 Å². The SMILES string of the molecule is CCN(CC1CC1)c1ncc(C(N)=NO)cc1[N+](=O)[O-]. The Morgan fingerprint density at radius 1 is 1.70 bits per heavy atom. The van der Waals surface area contributed by atoms with Gasteiger partial charge in [0.05, 0.1) is 4.92 Å². The Bertz CT molecular complexity index is 542. The molecule has 1 aliphatic rings. The van der Waals surface area contributed by atoms with E-state index < -0.39 is 4.92 Å². The standard InChI is InChI=1S/C12H17N5O3/c1-2-16(7-8-3-4-8)12-10(17(19)20)5-9(6-14-12)11(13)15-18/h5-6,8,18H,2-4,7H2,1H3,(H2,13,15). The normalized spacial score (nSPS) is 15.2. The maximum Gasteiger partial charge on any atom is 0.312 e. The van der Waals surface area contributed by atoms with E-state index in [0.29, 0.717) is 18.3 Å². The van der Waals surface area contributed by atoms with E-state index in [4.69, 9.17) is 10.9 Å². The number of anilines is 1. The van der Waals surface area contributed by atoms with E-state index in [1.807, 2.05) is 11.8 Å². The van der Waals surface area contributed by atoms with Gasteiger partial charge in [-0.25, -0.2) is 4.98 Å². The lowest BCUT2D eigenvalue weighted by Crippen LogP contribution is -2.27. The Morgan fingerprint density at radius 2 is 2.40 bits per heavy atom. The number of oxime groups is 1. The topological polar surface area (TPSA) is 118 Å². The summed E-state index contributed by atoms with van der Waals surface area (Å²) >= 11 is 0.